The molecule has 134 valence electrons. The number of thiazole rings is 1. The summed E-state index contributed by atoms with van der Waals surface area (Å²) in [5.41, 5.74) is 0.837. The largest absolute Gasteiger partial charge is 0.497 e. The summed E-state index contributed by atoms with van der Waals surface area (Å²) in [5, 5.41) is 3.51. The number of ether oxygens (including phenoxy) is 1. The van der Waals surface area contributed by atoms with Gasteiger partial charge >= 0.3 is 0 Å². The Kier molecular flexibility index (Phi) is 5.53. The molecule has 0 aliphatic carbocycles. The number of carbonyl (C=O) groups is 2. The number of hydrogen-bond donors (Lipinski definition) is 1. The lowest BCUT2D eigenvalue weighted by Gasteiger charge is -2.31. The van der Waals surface area contributed by atoms with Crippen molar-refractivity contribution in [1.29, 1.82) is 0 Å². The Balaban J connectivity index is 1.66. The molecule has 7 heteroatoms. The maximum Gasteiger partial charge on any atom is 0.231 e. The van der Waals surface area contributed by atoms with Crippen LogP contribution in [0.25, 0.3) is 10.2 Å². The zero-order chi connectivity index (χ0) is 17.8. The van der Waals surface area contributed by atoms with Crippen LogP contribution < -0.4 is 10.1 Å². The van der Waals surface area contributed by atoms with E-state index in [2.05, 4.69) is 10.3 Å². The highest BCUT2D eigenvalue weighted by atomic mass is 32.1. The highest BCUT2D eigenvalue weighted by molar-refractivity contribution is 7.22. The van der Waals surface area contributed by atoms with E-state index in [1.165, 1.54) is 11.3 Å². The Labute approximate surface area is 151 Å². The minimum atomic E-state index is -0.170. The van der Waals surface area contributed by atoms with Crippen LogP contribution in [0, 0.1) is 5.92 Å². The second-order valence-electron chi connectivity index (χ2n) is 6.27. The van der Waals surface area contributed by atoms with Gasteiger partial charge in [0.2, 0.25) is 11.8 Å². The predicted octanol–water partition coefficient (Wildman–Crippen LogP) is 3.28. The third kappa shape index (κ3) is 4.10. The number of likely N-dealkylation sites (tertiary alicyclic amines) is 1. The number of amides is 2. The molecule has 1 fully saturated rings. The molecule has 1 atom stereocenters. The highest BCUT2D eigenvalue weighted by Crippen LogP contribution is 2.30. The molecule has 1 unspecified atom stereocenters. The fraction of sp³-hybridized carbons (Fsp3) is 0.500. The molecule has 2 amide bonds. The van der Waals surface area contributed by atoms with Crippen molar-refractivity contribution in [2.75, 3.05) is 25.5 Å². The van der Waals surface area contributed by atoms with Gasteiger partial charge in [-0.05, 0) is 37.5 Å². The van der Waals surface area contributed by atoms with Crippen molar-refractivity contribution in [3.63, 3.8) is 0 Å². The molecular weight excluding hydrogens is 338 g/mol. The van der Waals surface area contributed by atoms with Gasteiger partial charge in [0.15, 0.2) is 5.13 Å². The van der Waals surface area contributed by atoms with Crippen LogP contribution in [0.2, 0.25) is 0 Å². The van der Waals surface area contributed by atoms with Crippen molar-refractivity contribution >= 4 is 38.5 Å². The van der Waals surface area contributed by atoms with Gasteiger partial charge in [0, 0.05) is 19.5 Å². The van der Waals surface area contributed by atoms with E-state index >= 15 is 0 Å². The molecule has 0 bridgehead atoms. The zero-order valence-corrected chi connectivity index (χ0v) is 15.4. The molecule has 3 rings (SSSR count). The number of anilines is 1. The summed E-state index contributed by atoms with van der Waals surface area (Å²) >= 11 is 1.43. The Bertz CT molecular complexity index is 774. The Morgan fingerprint density at radius 1 is 1.44 bits per heavy atom. The van der Waals surface area contributed by atoms with Crippen LogP contribution in [-0.4, -0.2) is 41.9 Å². The van der Waals surface area contributed by atoms with Crippen LogP contribution in [-0.2, 0) is 9.59 Å². The van der Waals surface area contributed by atoms with E-state index < -0.39 is 0 Å². The number of aromatic nitrogens is 1. The van der Waals surface area contributed by atoms with Crippen LogP contribution >= 0.6 is 11.3 Å². The van der Waals surface area contributed by atoms with E-state index in [0.717, 1.165) is 41.8 Å². The van der Waals surface area contributed by atoms with Gasteiger partial charge in [-0.2, -0.15) is 0 Å². The van der Waals surface area contributed by atoms with E-state index in [4.69, 9.17) is 4.74 Å². The highest BCUT2D eigenvalue weighted by Gasteiger charge is 2.28. The second kappa shape index (κ2) is 7.82. The lowest BCUT2D eigenvalue weighted by Crippen LogP contribution is -2.43. The van der Waals surface area contributed by atoms with Crippen LogP contribution in [0.15, 0.2) is 18.2 Å². The standard InChI is InChI=1S/C18H23N3O3S/c1-3-5-16(22)21-9-4-6-12(11-21)17(23)20-18-19-14-8-7-13(24-2)10-15(14)25-18/h7-8,10,12H,3-6,9,11H2,1-2H3,(H,19,20,23). The third-order valence-corrected chi connectivity index (χ3v) is 5.37. The molecule has 0 radical (unpaired) electrons. The quantitative estimate of drug-likeness (QED) is 0.887. The van der Waals surface area contributed by atoms with Crippen LogP contribution in [0.1, 0.15) is 32.6 Å². The van der Waals surface area contributed by atoms with E-state index in [1.807, 2.05) is 30.0 Å². The molecule has 1 aromatic carbocycles. The summed E-state index contributed by atoms with van der Waals surface area (Å²) < 4.78 is 6.19. The number of piperidine rings is 1. The number of benzene rings is 1. The first-order valence-corrected chi connectivity index (χ1v) is 9.45. The van der Waals surface area contributed by atoms with Crippen molar-refractivity contribution in [2.45, 2.75) is 32.6 Å². The molecule has 25 heavy (non-hydrogen) atoms. The summed E-state index contributed by atoms with van der Waals surface area (Å²) in [6, 6.07) is 5.65. The molecule has 2 aromatic rings. The normalized spacial score (nSPS) is 17.5. The number of nitrogens with one attached hydrogen (secondary N) is 1. The SMILES string of the molecule is CCCC(=O)N1CCCC(C(=O)Nc2nc3ccc(OC)cc3s2)C1. The van der Waals surface area contributed by atoms with E-state index in [-0.39, 0.29) is 17.7 Å². The molecule has 1 saturated heterocycles. The Morgan fingerprint density at radius 3 is 3.04 bits per heavy atom. The van der Waals surface area contributed by atoms with E-state index in [0.29, 0.717) is 18.1 Å². The predicted molar refractivity (Wildman–Crippen MR) is 99.0 cm³/mol. The van der Waals surface area contributed by atoms with Crippen LogP contribution in [0.4, 0.5) is 5.13 Å². The van der Waals surface area contributed by atoms with Crippen molar-refractivity contribution in [2.24, 2.45) is 5.92 Å². The Morgan fingerprint density at radius 2 is 2.28 bits per heavy atom. The number of fused-ring (bicyclic) bond motifs is 1. The number of carbonyl (C=O) groups excluding carboxylic acids is 2. The van der Waals surface area contributed by atoms with E-state index in [1.54, 1.807) is 7.11 Å². The molecule has 1 aliphatic heterocycles. The summed E-state index contributed by atoms with van der Waals surface area (Å²) in [6.45, 7) is 3.25. The minimum Gasteiger partial charge on any atom is -0.497 e. The van der Waals surface area contributed by atoms with Gasteiger partial charge in [-0.15, -0.1) is 0 Å². The molecule has 0 saturated carbocycles. The molecule has 1 aliphatic rings. The number of hydrogen-bond acceptors (Lipinski definition) is 5. The van der Waals surface area contributed by atoms with Gasteiger partial charge in [-0.25, -0.2) is 4.98 Å². The summed E-state index contributed by atoms with van der Waals surface area (Å²) in [5.74, 6) is 0.689. The maximum absolute atomic E-state index is 12.6. The fourth-order valence-corrected chi connectivity index (χ4v) is 3.98. The summed E-state index contributed by atoms with van der Waals surface area (Å²) in [6.07, 6.45) is 3.06. The second-order valence-corrected chi connectivity index (χ2v) is 7.30. The number of rotatable bonds is 5. The van der Waals surface area contributed by atoms with Gasteiger partial charge < -0.3 is 15.0 Å². The number of methoxy groups -OCH3 is 1. The lowest BCUT2D eigenvalue weighted by molar-refractivity contribution is -0.134. The number of nitrogens with zero attached hydrogens (tertiary/aromatic N) is 2. The molecule has 2 heterocycles. The van der Waals surface area contributed by atoms with Gasteiger partial charge in [0.25, 0.3) is 0 Å². The van der Waals surface area contributed by atoms with Crippen molar-refractivity contribution in [3.05, 3.63) is 18.2 Å². The Hall–Kier alpha value is -2.15. The zero-order valence-electron chi connectivity index (χ0n) is 14.6. The smallest absolute Gasteiger partial charge is 0.231 e. The van der Waals surface area contributed by atoms with Crippen molar-refractivity contribution in [1.82, 2.24) is 9.88 Å². The average molecular weight is 361 g/mol. The molecular formula is C18H23N3O3S. The molecule has 6 nitrogen and oxygen atoms in total. The minimum absolute atomic E-state index is 0.0555. The van der Waals surface area contributed by atoms with Gasteiger partial charge in [0.05, 0.1) is 23.2 Å². The van der Waals surface area contributed by atoms with Crippen molar-refractivity contribution in [3.8, 4) is 5.75 Å². The van der Waals surface area contributed by atoms with Gasteiger partial charge in [-0.1, -0.05) is 18.3 Å². The first-order valence-electron chi connectivity index (χ1n) is 8.64. The summed E-state index contributed by atoms with van der Waals surface area (Å²) in [4.78, 5) is 30.9. The topological polar surface area (TPSA) is 71.5 Å². The van der Waals surface area contributed by atoms with Crippen LogP contribution in [0.3, 0.4) is 0 Å². The van der Waals surface area contributed by atoms with Gasteiger partial charge in [-0.3, -0.25) is 9.59 Å². The molecule has 1 aromatic heterocycles. The monoisotopic (exact) mass is 361 g/mol. The summed E-state index contributed by atoms with van der Waals surface area (Å²) in [7, 11) is 1.62. The van der Waals surface area contributed by atoms with Crippen molar-refractivity contribution < 1.29 is 14.3 Å². The van der Waals surface area contributed by atoms with Gasteiger partial charge in [0.1, 0.15) is 5.75 Å². The van der Waals surface area contributed by atoms with E-state index in [9.17, 15) is 9.59 Å². The first-order chi connectivity index (χ1) is 12.1. The lowest BCUT2D eigenvalue weighted by atomic mass is 9.97. The van der Waals surface area contributed by atoms with Crippen LogP contribution in [0.5, 0.6) is 5.75 Å². The third-order valence-electron chi connectivity index (χ3n) is 4.43. The average Bonchev–Trinajstić information content (AvgIpc) is 3.03. The fourth-order valence-electron chi connectivity index (χ4n) is 3.08. The first kappa shape index (κ1) is 17.7. The maximum atomic E-state index is 12.6. The molecule has 1 N–H and O–H groups in total. The molecule has 0 spiro atoms.